The largest absolute Gasteiger partial charge is 0.570 e. The molecule has 4 aromatic rings. The highest BCUT2D eigenvalue weighted by Crippen LogP contribution is 2.55. The molecule has 6 rings (SSSR count). The second-order valence-corrected chi connectivity index (χ2v) is 24.3. The maximum absolute atomic E-state index is 14.6. The number of benzene rings is 4. The number of sulfonamides is 2. The third-order valence-electron chi connectivity index (χ3n) is 11.9. The SMILES string of the molecule is CC(C)CN(C[C@@H](O[P+](O)(O)O[C@H](CN(CC(C)C)S(=O)(=O)c1ccc(N)cc1)[C@H](Cc1ccccc1)NC(=O)O[C@H]1CCOC1)[C@H](Cc1ccccc1)NC(=O)O[C@H]1CCOC1)S(=O)(=O)c1ccc(N)cc1. The predicted molar refractivity (Wildman–Crippen MR) is 276 cm³/mol. The van der Waals surface area contributed by atoms with Gasteiger partial charge in [0.2, 0.25) is 20.0 Å². The van der Waals surface area contributed by atoms with Crippen LogP contribution >= 0.6 is 8.17 Å². The number of ether oxygens (including phenoxy) is 4. The van der Waals surface area contributed by atoms with E-state index in [0.29, 0.717) is 48.6 Å². The van der Waals surface area contributed by atoms with Crippen LogP contribution in [0.2, 0.25) is 0 Å². The predicted octanol–water partition coefficient (Wildman–Crippen LogP) is 5.53. The van der Waals surface area contributed by atoms with E-state index in [0.717, 1.165) is 8.61 Å². The van der Waals surface area contributed by atoms with Gasteiger partial charge in [0.15, 0.2) is 0 Å². The Bertz CT molecular complexity index is 2400. The van der Waals surface area contributed by atoms with Gasteiger partial charge < -0.3 is 41.0 Å². The molecule has 23 heteroatoms. The maximum atomic E-state index is 14.6. The van der Waals surface area contributed by atoms with Crippen LogP contribution in [0.3, 0.4) is 0 Å². The van der Waals surface area contributed by atoms with Gasteiger partial charge in [-0.05, 0) is 84.3 Å². The van der Waals surface area contributed by atoms with Gasteiger partial charge in [0.1, 0.15) is 24.4 Å². The van der Waals surface area contributed by atoms with Crippen LogP contribution in [-0.4, -0.2) is 137 Å². The normalized spacial score (nSPS) is 18.2. The number of alkyl carbamates (subject to hydrolysis) is 2. The highest BCUT2D eigenvalue weighted by Gasteiger charge is 2.51. The van der Waals surface area contributed by atoms with Gasteiger partial charge in [-0.3, -0.25) is 0 Å². The van der Waals surface area contributed by atoms with Crippen LogP contribution < -0.4 is 22.1 Å². The van der Waals surface area contributed by atoms with Crippen molar-refractivity contribution in [2.75, 3.05) is 64.1 Å². The van der Waals surface area contributed by atoms with Gasteiger partial charge in [-0.1, -0.05) is 88.4 Å². The first kappa shape index (κ1) is 57.3. The standard InChI is InChI=1S/C50H69N6O14PS2/c1-35(2)29-55(72(61,62)43-19-15-39(51)16-20-43)31-47(45(27-37-11-7-5-8-12-37)53-49(57)67-41-23-25-65-33-41)69-71(59,60)70-48(32-56(30-36(3)4)73(63,64)44-21-17-40(52)18-22-44)46(28-38-13-9-6-10-14-38)54-50(58)68-42-24-26-66-34-42/h5-22,35-36,41-42,45-48,59-60H,23-34,51-52H2,1-4H3,(H-,53,54,57,58)/p+1/t41-,42-,45-,46-,47+,48+/m0/s1. The van der Waals surface area contributed by atoms with E-state index in [-0.39, 0.29) is 60.8 Å². The van der Waals surface area contributed by atoms with Crippen molar-refractivity contribution in [3.63, 3.8) is 0 Å². The molecule has 2 aliphatic rings. The minimum atomic E-state index is -5.36. The van der Waals surface area contributed by atoms with Crippen LogP contribution in [-0.2, 0) is 60.9 Å². The van der Waals surface area contributed by atoms with E-state index in [1.165, 1.54) is 48.5 Å². The van der Waals surface area contributed by atoms with Crippen molar-refractivity contribution in [2.24, 2.45) is 11.8 Å². The number of rotatable bonds is 26. The first-order chi connectivity index (χ1) is 34.7. The molecule has 0 spiro atoms. The average Bonchev–Trinajstić information content (AvgIpc) is 4.06. The topological polar surface area (TPSA) is 281 Å². The van der Waals surface area contributed by atoms with Crippen molar-refractivity contribution in [3.05, 3.63) is 120 Å². The van der Waals surface area contributed by atoms with E-state index >= 15 is 0 Å². The van der Waals surface area contributed by atoms with Crippen LogP contribution in [0.5, 0.6) is 0 Å². The second-order valence-electron chi connectivity index (χ2n) is 19.0. The van der Waals surface area contributed by atoms with Crippen molar-refractivity contribution in [2.45, 2.75) is 99.7 Å². The molecule has 6 atom stereocenters. The molecule has 2 amide bonds. The number of anilines is 2. The Hall–Kier alpha value is -4.97. The summed E-state index contributed by atoms with van der Waals surface area (Å²) in [4.78, 5) is 52.3. The summed E-state index contributed by atoms with van der Waals surface area (Å²) >= 11 is 0. The first-order valence-corrected chi connectivity index (χ1v) is 28.7. The van der Waals surface area contributed by atoms with Gasteiger partial charge in [0, 0.05) is 50.4 Å². The van der Waals surface area contributed by atoms with Crippen LogP contribution in [0.1, 0.15) is 51.7 Å². The zero-order chi connectivity index (χ0) is 52.8. The summed E-state index contributed by atoms with van der Waals surface area (Å²) in [6.07, 6.45) is -5.48. The quantitative estimate of drug-likeness (QED) is 0.0333. The maximum Gasteiger partial charge on any atom is 0.570 e. The summed E-state index contributed by atoms with van der Waals surface area (Å²) < 4.78 is 95.8. The third-order valence-corrected chi connectivity index (χ3v) is 16.7. The number of nitrogens with zero attached hydrogens (tertiary/aromatic N) is 2. The fourth-order valence-electron chi connectivity index (χ4n) is 8.35. The molecule has 2 heterocycles. The first-order valence-electron chi connectivity index (χ1n) is 24.3. The molecule has 0 bridgehead atoms. The molecule has 0 aliphatic carbocycles. The van der Waals surface area contributed by atoms with Gasteiger partial charge in [-0.15, -0.1) is 9.05 Å². The van der Waals surface area contributed by atoms with Gasteiger partial charge in [-0.25, -0.2) is 26.4 Å². The molecule has 20 nitrogen and oxygen atoms in total. The van der Waals surface area contributed by atoms with Gasteiger partial charge >= 0.3 is 20.4 Å². The number of nitrogens with two attached hydrogens (primary N) is 2. The van der Waals surface area contributed by atoms with Crippen LogP contribution in [0.25, 0.3) is 0 Å². The molecule has 8 N–H and O–H groups in total. The molecule has 0 saturated carbocycles. The number of hydrogen-bond donors (Lipinski definition) is 6. The molecule has 73 heavy (non-hydrogen) atoms. The van der Waals surface area contributed by atoms with E-state index in [2.05, 4.69) is 10.6 Å². The summed E-state index contributed by atoms with van der Waals surface area (Å²) in [6, 6.07) is 26.4. The lowest BCUT2D eigenvalue weighted by molar-refractivity contribution is 0.00767. The van der Waals surface area contributed by atoms with E-state index < -0.39 is 90.0 Å². The Morgan fingerprint density at radius 3 is 1.27 bits per heavy atom. The number of amides is 2. The Kier molecular flexibility index (Phi) is 20.8. The van der Waals surface area contributed by atoms with Crippen molar-refractivity contribution in [1.82, 2.24) is 19.2 Å². The molecule has 0 unspecified atom stereocenters. The van der Waals surface area contributed by atoms with Gasteiger partial charge in [0.25, 0.3) is 0 Å². The van der Waals surface area contributed by atoms with E-state index in [1.54, 1.807) is 88.4 Å². The highest BCUT2D eigenvalue weighted by atomic mass is 32.2. The lowest BCUT2D eigenvalue weighted by atomic mass is 10.0. The molecule has 400 valence electrons. The van der Waals surface area contributed by atoms with Crippen LogP contribution in [0.4, 0.5) is 21.0 Å². The summed E-state index contributed by atoms with van der Waals surface area (Å²) in [5.41, 5.74) is 13.8. The van der Waals surface area contributed by atoms with Crippen molar-refractivity contribution < 1.29 is 64.2 Å². The molecule has 0 aromatic heterocycles. The summed E-state index contributed by atoms with van der Waals surface area (Å²) in [5, 5.41) is 5.63. The van der Waals surface area contributed by atoms with Crippen LogP contribution in [0, 0.1) is 11.8 Å². The minimum absolute atomic E-state index is 0.0421. The lowest BCUT2D eigenvalue weighted by Gasteiger charge is -2.34. The summed E-state index contributed by atoms with van der Waals surface area (Å²) in [5.74, 6) is -0.563. The van der Waals surface area contributed by atoms with E-state index in [9.17, 15) is 36.2 Å². The third kappa shape index (κ3) is 17.6. The van der Waals surface area contributed by atoms with E-state index in [4.69, 9.17) is 39.5 Å². The fourth-order valence-corrected chi connectivity index (χ4v) is 12.8. The number of hydrogen-bond acceptors (Lipinski definition) is 16. The molecule has 2 saturated heterocycles. The monoisotopic (exact) mass is 1070 g/mol. The Morgan fingerprint density at radius 2 is 0.959 bits per heavy atom. The smallest absolute Gasteiger partial charge is 0.444 e. The molecule has 2 aliphatic heterocycles. The summed E-state index contributed by atoms with van der Waals surface area (Å²) in [6.45, 7) is 6.89. The molecule has 4 aromatic carbocycles. The Balaban J connectivity index is 1.46. The Labute approximate surface area is 429 Å². The zero-order valence-electron chi connectivity index (χ0n) is 41.6. The minimum Gasteiger partial charge on any atom is -0.444 e. The zero-order valence-corrected chi connectivity index (χ0v) is 44.1. The molecule has 0 radical (unpaired) electrons. The lowest BCUT2D eigenvalue weighted by Crippen LogP contribution is -2.54. The van der Waals surface area contributed by atoms with Crippen molar-refractivity contribution in [1.29, 1.82) is 0 Å². The van der Waals surface area contributed by atoms with Gasteiger partial charge in [0.05, 0.1) is 48.3 Å². The fraction of sp³-hybridized carbons (Fsp3) is 0.480. The number of nitrogen functional groups attached to an aromatic ring is 2. The van der Waals surface area contributed by atoms with E-state index in [1.807, 2.05) is 0 Å². The number of nitrogens with one attached hydrogen (secondary N) is 2. The van der Waals surface area contributed by atoms with Gasteiger partial charge in [-0.2, -0.15) is 18.4 Å². The average molecular weight is 1070 g/mol. The number of carbonyl (C=O) groups excluding carboxylic acids is 2. The van der Waals surface area contributed by atoms with Crippen LogP contribution in [0.15, 0.2) is 119 Å². The molecular formula is C50H70N6O14PS2+. The molecule has 2 fully saturated rings. The second kappa shape index (κ2) is 26.5. The Morgan fingerprint density at radius 1 is 0.603 bits per heavy atom. The summed E-state index contributed by atoms with van der Waals surface area (Å²) in [7, 11) is -14.1. The van der Waals surface area contributed by atoms with Crippen molar-refractivity contribution in [3.8, 4) is 0 Å². The number of carbonyl (C=O) groups is 2. The van der Waals surface area contributed by atoms with Crippen molar-refractivity contribution >= 4 is 51.8 Å². The highest BCUT2D eigenvalue weighted by molar-refractivity contribution is 7.89. The molecular weight excluding hydrogens is 1000 g/mol.